The van der Waals surface area contributed by atoms with Gasteiger partial charge in [0.05, 0.1) is 6.61 Å². The van der Waals surface area contributed by atoms with Gasteiger partial charge in [0, 0.05) is 29.7 Å². The van der Waals surface area contributed by atoms with Crippen molar-refractivity contribution >= 4 is 15.9 Å². The van der Waals surface area contributed by atoms with Gasteiger partial charge in [0.2, 0.25) is 0 Å². The predicted molar refractivity (Wildman–Crippen MR) is 64.7 cm³/mol. The molecule has 0 aliphatic carbocycles. The van der Waals surface area contributed by atoms with E-state index in [1.54, 1.807) is 6.07 Å². The van der Waals surface area contributed by atoms with E-state index >= 15 is 0 Å². The fourth-order valence-corrected chi connectivity index (χ4v) is 2.24. The molecule has 1 heterocycles. The third-order valence-corrected chi connectivity index (χ3v) is 3.27. The Morgan fingerprint density at radius 2 is 2.38 bits per heavy atom. The quantitative estimate of drug-likeness (QED) is 0.919. The van der Waals surface area contributed by atoms with E-state index in [0.717, 1.165) is 30.7 Å². The highest BCUT2D eigenvalue weighted by atomic mass is 79.9. The third-order valence-electron chi connectivity index (χ3n) is 2.78. The first-order valence-corrected chi connectivity index (χ1v) is 6.27. The van der Waals surface area contributed by atoms with E-state index in [4.69, 9.17) is 4.74 Å². The minimum Gasteiger partial charge on any atom is -0.381 e. The molecule has 16 heavy (non-hydrogen) atoms. The minimum absolute atomic E-state index is 0.154. The van der Waals surface area contributed by atoms with E-state index in [0.29, 0.717) is 18.0 Å². The molecule has 1 unspecified atom stereocenters. The van der Waals surface area contributed by atoms with Crippen LogP contribution in [0.25, 0.3) is 0 Å². The zero-order chi connectivity index (χ0) is 11.4. The average Bonchev–Trinajstić information content (AvgIpc) is 2.76. The second-order valence-electron chi connectivity index (χ2n) is 4.10. The highest BCUT2D eigenvalue weighted by molar-refractivity contribution is 9.10. The summed E-state index contributed by atoms with van der Waals surface area (Å²) >= 11 is 3.34. The summed E-state index contributed by atoms with van der Waals surface area (Å²) in [5, 5.41) is 3.27. The van der Waals surface area contributed by atoms with E-state index in [-0.39, 0.29) is 5.82 Å². The zero-order valence-corrected chi connectivity index (χ0v) is 10.6. The fourth-order valence-electron chi connectivity index (χ4n) is 1.83. The van der Waals surface area contributed by atoms with Crippen molar-refractivity contribution in [2.75, 3.05) is 19.8 Å². The van der Waals surface area contributed by atoms with Gasteiger partial charge < -0.3 is 10.1 Å². The van der Waals surface area contributed by atoms with Gasteiger partial charge in [-0.05, 0) is 30.5 Å². The molecule has 0 spiro atoms. The molecule has 1 aliphatic heterocycles. The standard InChI is InChI=1S/C12H15BrFNO/c13-11-1-2-12(14)10(5-11)7-15-6-9-3-4-16-8-9/h1-2,5,9,15H,3-4,6-8H2. The fraction of sp³-hybridized carbons (Fsp3) is 0.500. The molecule has 1 atom stereocenters. The summed E-state index contributed by atoms with van der Waals surface area (Å²) in [6.45, 7) is 3.15. The first-order chi connectivity index (χ1) is 7.75. The maximum absolute atomic E-state index is 13.4. The number of halogens is 2. The Morgan fingerprint density at radius 1 is 1.50 bits per heavy atom. The molecule has 0 amide bonds. The second-order valence-corrected chi connectivity index (χ2v) is 5.01. The van der Waals surface area contributed by atoms with Crippen molar-refractivity contribution in [2.45, 2.75) is 13.0 Å². The zero-order valence-electron chi connectivity index (χ0n) is 9.01. The number of hydrogen-bond donors (Lipinski definition) is 1. The molecule has 2 rings (SSSR count). The van der Waals surface area contributed by atoms with Gasteiger partial charge in [-0.25, -0.2) is 4.39 Å². The summed E-state index contributed by atoms with van der Waals surface area (Å²) < 4.78 is 19.6. The Bertz CT molecular complexity index is 353. The van der Waals surface area contributed by atoms with E-state index in [9.17, 15) is 4.39 Å². The monoisotopic (exact) mass is 287 g/mol. The van der Waals surface area contributed by atoms with E-state index < -0.39 is 0 Å². The summed E-state index contributed by atoms with van der Waals surface area (Å²) in [7, 11) is 0. The van der Waals surface area contributed by atoms with Crippen LogP contribution in [-0.4, -0.2) is 19.8 Å². The van der Waals surface area contributed by atoms with Crippen LogP contribution < -0.4 is 5.32 Å². The van der Waals surface area contributed by atoms with Crippen LogP contribution in [0.5, 0.6) is 0 Å². The van der Waals surface area contributed by atoms with Crippen LogP contribution in [-0.2, 0) is 11.3 Å². The van der Waals surface area contributed by atoms with Gasteiger partial charge in [0.1, 0.15) is 5.82 Å². The summed E-state index contributed by atoms with van der Waals surface area (Å²) in [5.74, 6) is 0.425. The number of ether oxygens (including phenoxy) is 1. The number of hydrogen-bond acceptors (Lipinski definition) is 2. The van der Waals surface area contributed by atoms with Crippen LogP contribution in [0.4, 0.5) is 4.39 Å². The van der Waals surface area contributed by atoms with Gasteiger partial charge in [-0.3, -0.25) is 0 Å². The Balaban J connectivity index is 1.82. The lowest BCUT2D eigenvalue weighted by Crippen LogP contribution is -2.23. The molecule has 0 aromatic heterocycles. The highest BCUT2D eigenvalue weighted by Crippen LogP contribution is 2.16. The van der Waals surface area contributed by atoms with E-state index in [1.807, 2.05) is 6.07 Å². The summed E-state index contributed by atoms with van der Waals surface area (Å²) in [6.07, 6.45) is 1.11. The Hall–Kier alpha value is -0.450. The smallest absolute Gasteiger partial charge is 0.127 e. The normalized spacial score (nSPS) is 20.2. The molecule has 1 N–H and O–H groups in total. The molecular weight excluding hydrogens is 273 g/mol. The molecule has 4 heteroatoms. The molecule has 1 saturated heterocycles. The largest absolute Gasteiger partial charge is 0.381 e. The number of nitrogens with one attached hydrogen (secondary N) is 1. The summed E-state index contributed by atoms with van der Waals surface area (Å²) in [4.78, 5) is 0. The Kier molecular flexibility index (Phi) is 4.32. The number of benzene rings is 1. The highest BCUT2D eigenvalue weighted by Gasteiger charge is 2.14. The molecule has 1 aromatic rings. The lowest BCUT2D eigenvalue weighted by Gasteiger charge is -2.10. The maximum Gasteiger partial charge on any atom is 0.127 e. The molecule has 1 aliphatic rings. The van der Waals surface area contributed by atoms with Crippen LogP contribution >= 0.6 is 15.9 Å². The van der Waals surface area contributed by atoms with Crippen LogP contribution in [0.3, 0.4) is 0 Å². The van der Waals surface area contributed by atoms with Crippen molar-refractivity contribution in [1.82, 2.24) is 5.32 Å². The van der Waals surface area contributed by atoms with Crippen molar-refractivity contribution in [3.63, 3.8) is 0 Å². The SMILES string of the molecule is Fc1ccc(Br)cc1CNCC1CCOC1. The first-order valence-electron chi connectivity index (χ1n) is 5.48. The minimum atomic E-state index is -0.154. The summed E-state index contributed by atoms with van der Waals surface area (Å²) in [5.41, 5.74) is 0.702. The van der Waals surface area contributed by atoms with E-state index in [1.165, 1.54) is 6.07 Å². The Labute approximate surface area is 103 Å². The molecule has 88 valence electrons. The topological polar surface area (TPSA) is 21.3 Å². The van der Waals surface area contributed by atoms with Crippen LogP contribution in [0.15, 0.2) is 22.7 Å². The molecule has 2 nitrogen and oxygen atoms in total. The lowest BCUT2D eigenvalue weighted by atomic mass is 10.1. The van der Waals surface area contributed by atoms with Crippen molar-refractivity contribution in [3.8, 4) is 0 Å². The number of rotatable bonds is 4. The van der Waals surface area contributed by atoms with Crippen molar-refractivity contribution in [2.24, 2.45) is 5.92 Å². The van der Waals surface area contributed by atoms with Gasteiger partial charge in [-0.15, -0.1) is 0 Å². The van der Waals surface area contributed by atoms with Gasteiger partial charge >= 0.3 is 0 Å². The van der Waals surface area contributed by atoms with Gasteiger partial charge in [0.15, 0.2) is 0 Å². The third kappa shape index (κ3) is 3.27. The van der Waals surface area contributed by atoms with Crippen molar-refractivity contribution in [3.05, 3.63) is 34.1 Å². The van der Waals surface area contributed by atoms with Gasteiger partial charge in [0.25, 0.3) is 0 Å². The lowest BCUT2D eigenvalue weighted by molar-refractivity contribution is 0.185. The second kappa shape index (κ2) is 5.75. The molecule has 0 saturated carbocycles. The van der Waals surface area contributed by atoms with E-state index in [2.05, 4.69) is 21.2 Å². The maximum atomic E-state index is 13.4. The summed E-state index contributed by atoms with van der Waals surface area (Å²) in [6, 6.07) is 5.01. The van der Waals surface area contributed by atoms with Gasteiger partial charge in [-0.1, -0.05) is 15.9 Å². The van der Waals surface area contributed by atoms with Crippen LogP contribution in [0.1, 0.15) is 12.0 Å². The first kappa shape index (κ1) is 12.0. The van der Waals surface area contributed by atoms with Crippen LogP contribution in [0.2, 0.25) is 0 Å². The molecule has 0 radical (unpaired) electrons. The molecule has 1 fully saturated rings. The molecule has 1 aromatic carbocycles. The Morgan fingerprint density at radius 3 is 3.12 bits per heavy atom. The average molecular weight is 288 g/mol. The van der Waals surface area contributed by atoms with Gasteiger partial charge in [-0.2, -0.15) is 0 Å². The van der Waals surface area contributed by atoms with Crippen molar-refractivity contribution < 1.29 is 9.13 Å². The van der Waals surface area contributed by atoms with Crippen molar-refractivity contribution in [1.29, 1.82) is 0 Å². The van der Waals surface area contributed by atoms with Crippen LogP contribution in [0, 0.1) is 11.7 Å². The molecular formula is C12H15BrFNO. The molecule has 0 bridgehead atoms. The predicted octanol–water partition coefficient (Wildman–Crippen LogP) is 2.71.